The highest BCUT2D eigenvalue weighted by Gasteiger charge is 2.32. The van der Waals surface area contributed by atoms with E-state index in [1.807, 2.05) is 0 Å². The maximum absolute atomic E-state index is 12.3. The van der Waals surface area contributed by atoms with Crippen molar-refractivity contribution in [1.29, 1.82) is 0 Å². The van der Waals surface area contributed by atoms with E-state index < -0.39 is 0 Å². The highest BCUT2D eigenvalue weighted by Crippen LogP contribution is 2.40. The number of nitrogens with zero attached hydrogens (tertiary/aromatic N) is 2. The molecule has 0 saturated carbocycles. The van der Waals surface area contributed by atoms with Gasteiger partial charge in [0, 0.05) is 24.8 Å². The number of aryl methyl sites for hydroxylation is 1. The van der Waals surface area contributed by atoms with E-state index in [-0.39, 0.29) is 5.91 Å². The average molecular weight is 313 g/mol. The fourth-order valence-electron chi connectivity index (χ4n) is 4.50. The number of hydrogen-bond donors (Lipinski definition) is 1. The number of amides is 1. The zero-order chi connectivity index (χ0) is 15.6. The smallest absolute Gasteiger partial charge is 0.238 e. The molecule has 1 aromatic rings. The molecule has 2 heterocycles. The predicted octanol–water partition coefficient (Wildman–Crippen LogP) is 2.80. The fraction of sp³-hybridized carbons (Fsp3) is 0.632. The Kier molecular flexibility index (Phi) is 4.36. The molecule has 124 valence electrons. The number of likely N-dealkylation sites (tertiary alicyclic amines) is 1. The van der Waals surface area contributed by atoms with Crippen LogP contribution in [0.5, 0.6) is 0 Å². The Bertz CT molecular complexity index is 580. The zero-order valence-electron chi connectivity index (χ0n) is 13.9. The Morgan fingerprint density at radius 1 is 1.09 bits per heavy atom. The summed E-state index contributed by atoms with van der Waals surface area (Å²) in [6, 6.07) is 6.81. The fourth-order valence-corrected chi connectivity index (χ4v) is 4.50. The number of carbonyl (C=O) groups excluding carboxylic acids is 1. The number of piperidine rings is 1. The zero-order valence-corrected chi connectivity index (χ0v) is 13.9. The number of rotatable bonds is 3. The summed E-state index contributed by atoms with van der Waals surface area (Å²) >= 11 is 0. The lowest BCUT2D eigenvalue weighted by atomic mass is 9.86. The van der Waals surface area contributed by atoms with Crippen molar-refractivity contribution in [2.24, 2.45) is 0 Å². The minimum absolute atomic E-state index is 0.145. The van der Waals surface area contributed by atoms with Crippen molar-refractivity contribution in [2.75, 3.05) is 38.0 Å². The molecule has 0 aromatic heterocycles. The third kappa shape index (κ3) is 3.15. The molecule has 1 atom stereocenters. The molecule has 1 unspecified atom stereocenters. The van der Waals surface area contributed by atoms with Crippen LogP contribution in [0.3, 0.4) is 0 Å². The van der Waals surface area contributed by atoms with Gasteiger partial charge in [0.05, 0.1) is 6.54 Å². The van der Waals surface area contributed by atoms with Crippen LogP contribution in [0.4, 0.5) is 5.69 Å². The van der Waals surface area contributed by atoms with Gasteiger partial charge in [0.1, 0.15) is 0 Å². The first kappa shape index (κ1) is 15.2. The Balaban J connectivity index is 1.54. The van der Waals surface area contributed by atoms with E-state index in [4.69, 9.17) is 0 Å². The van der Waals surface area contributed by atoms with Crippen molar-refractivity contribution in [3.8, 4) is 0 Å². The second kappa shape index (κ2) is 6.62. The van der Waals surface area contributed by atoms with Crippen molar-refractivity contribution >= 4 is 11.6 Å². The molecule has 4 rings (SSSR count). The molecule has 1 N–H and O–H groups in total. The summed E-state index contributed by atoms with van der Waals surface area (Å²) in [7, 11) is 0. The van der Waals surface area contributed by atoms with Crippen LogP contribution in [-0.2, 0) is 11.2 Å². The lowest BCUT2D eigenvalue weighted by molar-refractivity contribution is -0.117. The lowest BCUT2D eigenvalue weighted by Gasteiger charge is -2.36. The maximum Gasteiger partial charge on any atom is 0.238 e. The van der Waals surface area contributed by atoms with Crippen LogP contribution in [0, 0.1) is 0 Å². The summed E-state index contributed by atoms with van der Waals surface area (Å²) in [6.07, 6.45) is 7.60. The van der Waals surface area contributed by atoms with E-state index in [0.29, 0.717) is 12.6 Å². The van der Waals surface area contributed by atoms with Gasteiger partial charge in [0.2, 0.25) is 5.91 Å². The van der Waals surface area contributed by atoms with Gasteiger partial charge in [-0.15, -0.1) is 0 Å². The summed E-state index contributed by atoms with van der Waals surface area (Å²) in [6.45, 7) is 5.10. The van der Waals surface area contributed by atoms with Crippen LogP contribution in [-0.4, -0.2) is 48.4 Å². The van der Waals surface area contributed by atoms with Gasteiger partial charge in [-0.1, -0.05) is 18.6 Å². The number of benzene rings is 1. The first-order chi connectivity index (χ1) is 11.3. The number of anilines is 1. The molecule has 4 nitrogen and oxygen atoms in total. The lowest BCUT2D eigenvalue weighted by Crippen LogP contribution is -2.41. The second-order valence-corrected chi connectivity index (χ2v) is 7.21. The molecule has 2 aliphatic heterocycles. The van der Waals surface area contributed by atoms with E-state index in [1.165, 1.54) is 56.3 Å². The number of hydrogen-bond acceptors (Lipinski definition) is 3. The third-order valence-electron chi connectivity index (χ3n) is 5.67. The van der Waals surface area contributed by atoms with Gasteiger partial charge in [-0.05, 0) is 62.4 Å². The molecule has 0 spiro atoms. The minimum Gasteiger partial charge on any atom is -0.325 e. The van der Waals surface area contributed by atoms with Gasteiger partial charge < -0.3 is 10.2 Å². The average Bonchev–Trinajstić information content (AvgIpc) is 2.72. The van der Waals surface area contributed by atoms with Gasteiger partial charge in [-0.25, -0.2) is 0 Å². The molecule has 3 aliphatic rings. The topological polar surface area (TPSA) is 35.6 Å². The number of nitrogens with one attached hydrogen (secondary N) is 1. The molecule has 0 radical (unpaired) electrons. The SMILES string of the molecule is O=C1CN(CCN2CCCCC2)C2CCCc3cccc(c32)N1. The summed E-state index contributed by atoms with van der Waals surface area (Å²) < 4.78 is 0. The highest BCUT2D eigenvalue weighted by atomic mass is 16.2. The molecule has 1 amide bonds. The molecular weight excluding hydrogens is 286 g/mol. The highest BCUT2D eigenvalue weighted by molar-refractivity contribution is 5.94. The van der Waals surface area contributed by atoms with Gasteiger partial charge in [0.25, 0.3) is 0 Å². The first-order valence-corrected chi connectivity index (χ1v) is 9.19. The van der Waals surface area contributed by atoms with Gasteiger partial charge in [-0.3, -0.25) is 9.69 Å². The van der Waals surface area contributed by atoms with E-state index in [2.05, 4.69) is 33.3 Å². The van der Waals surface area contributed by atoms with Crippen molar-refractivity contribution < 1.29 is 4.79 Å². The van der Waals surface area contributed by atoms with Crippen molar-refractivity contribution in [3.63, 3.8) is 0 Å². The molecular formula is C19H27N3O. The quantitative estimate of drug-likeness (QED) is 0.932. The summed E-state index contributed by atoms with van der Waals surface area (Å²) in [5.74, 6) is 0.145. The van der Waals surface area contributed by atoms with Crippen molar-refractivity contribution in [1.82, 2.24) is 9.80 Å². The van der Waals surface area contributed by atoms with E-state index >= 15 is 0 Å². The minimum atomic E-state index is 0.145. The van der Waals surface area contributed by atoms with Crippen LogP contribution in [0.25, 0.3) is 0 Å². The predicted molar refractivity (Wildman–Crippen MR) is 92.6 cm³/mol. The summed E-state index contributed by atoms with van der Waals surface area (Å²) in [5.41, 5.74) is 3.88. The van der Waals surface area contributed by atoms with Gasteiger partial charge in [-0.2, -0.15) is 0 Å². The molecule has 4 heteroatoms. The second-order valence-electron chi connectivity index (χ2n) is 7.21. The standard InChI is InChI=1S/C19H27N3O/c23-18-14-22(13-12-21-10-2-1-3-11-21)17-9-5-7-15-6-4-8-16(20-18)19(15)17/h4,6,8,17H,1-3,5,7,9-14H2,(H,20,23). The van der Waals surface area contributed by atoms with Crippen LogP contribution < -0.4 is 5.32 Å². The molecule has 23 heavy (non-hydrogen) atoms. The van der Waals surface area contributed by atoms with Gasteiger partial charge >= 0.3 is 0 Å². The van der Waals surface area contributed by atoms with Crippen LogP contribution >= 0.6 is 0 Å². The monoisotopic (exact) mass is 313 g/mol. The first-order valence-electron chi connectivity index (χ1n) is 9.19. The van der Waals surface area contributed by atoms with E-state index in [1.54, 1.807) is 0 Å². The van der Waals surface area contributed by atoms with E-state index in [0.717, 1.165) is 25.2 Å². The van der Waals surface area contributed by atoms with Crippen molar-refractivity contribution in [2.45, 2.75) is 44.6 Å². The molecule has 1 saturated heterocycles. The van der Waals surface area contributed by atoms with Gasteiger partial charge in [0.15, 0.2) is 0 Å². The largest absolute Gasteiger partial charge is 0.325 e. The van der Waals surface area contributed by atoms with Crippen molar-refractivity contribution in [3.05, 3.63) is 29.3 Å². The van der Waals surface area contributed by atoms with E-state index in [9.17, 15) is 4.79 Å². The third-order valence-corrected chi connectivity index (χ3v) is 5.67. The maximum atomic E-state index is 12.3. The van der Waals surface area contributed by atoms with Crippen LogP contribution in [0.1, 0.15) is 49.3 Å². The Morgan fingerprint density at radius 3 is 2.83 bits per heavy atom. The molecule has 1 aromatic carbocycles. The molecule has 1 fully saturated rings. The summed E-state index contributed by atoms with van der Waals surface area (Å²) in [4.78, 5) is 17.3. The number of carbonyl (C=O) groups is 1. The van der Waals surface area contributed by atoms with Crippen LogP contribution in [0.2, 0.25) is 0 Å². The molecule has 0 bridgehead atoms. The Labute approximate surface area is 138 Å². The molecule has 1 aliphatic carbocycles. The van der Waals surface area contributed by atoms with Crippen LogP contribution in [0.15, 0.2) is 18.2 Å². The summed E-state index contributed by atoms with van der Waals surface area (Å²) in [5, 5.41) is 3.14. The normalized spacial score (nSPS) is 25.6. The Hall–Kier alpha value is -1.39. The Morgan fingerprint density at radius 2 is 1.96 bits per heavy atom.